The van der Waals surface area contributed by atoms with E-state index >= 15 is 0 Å². The van der Waals surface area contributed by atoms with Crippen molar-refractivity contribution < 1.29 is 13.2 Å². The number of carbonyl (C=O) groups is 1. The summed E-state index contributed by atoms with van der Waals surface area (Å²) in [7, 11) is -3.39. The van der Waals surface area contributed by atoms with Crippen LogP contribution >= 0.6 is 11.6 Å². The predicted octanol–water partition coefficient (Wildman–Crippen LogP) is 1.85. The summed E-state index contributed by atoms with van der Waals surface area (Å²) in [6, 6.07) is 4.58. The third kappa shape index (κ3) is 5.08. The highest BCUT2D eigenvalue weighted by molar-refractivity contribution is 7.92. The first-order valence-electron chi connectivity index (χ1n) is 5.82. The van der Waals surface area contributed by atoms with Gasteiger partial charge in [-0.3, -0.25) is 9.52 Å². The molecule has 0 heterocycles. The van der Waals surface area contributed by atoms with Crippen LogP contribution in [0.5, 0.6) is 0 Å². The van der Waals surface area contributed by atoms with Gasteiger partial charge in [0.15, 0.2) is 0 Å². The second kappa shape index (κ2) is 6.77. The monoisotopic (exact) mass is 304 g/mol. The van der Waals surface area contributed by atoms with Crippen LogP contribution in [-0.2, 0) is 10.0 Å². The van der Waals surface area contributed by atoms with Crippen LogP contribution in [-0.4, -0.2) is 26.0 Å². The molecule has 19 heavy (non-hydrogen) atoms. The summed E-state index contributed by atoms with van der Waals surface area (Å²) in [5.41, 5.74) is 6.61. The fraction of sp³-hybridized carbons (Fsp3) is 0.417. The number of hydrogen-bond donors (Lipinski definition) is 2. The fourth-order valence-electron chi connectivity index (χ4n) is 1.54. The summed E-state index contributed by atoms with van der Waals surface area (Å²) in [5, 5.41) is 0. The third-order valence-electron chi connectivity index (χ3n) is 2.57. The van der Waals surface area contributed by atoms with Gasteiger partial charge in [0, 0.05) is 11.4 Å². The molecule has 106 valence electrons. The summed E-state index contributed by atoms with van der Waals surface area (Å²) in [6.45, 7) is 1.71. The minimum absolute atomic E-state index is 0.0245. The van der Waals surface area contributed by atoms with E-state index in [0.29, 0.717) is 35.5 Å². The number of sulfonamides is 1. The molecule has 0 saturated carbocycles. The number of benzene rings is 1. The van der Waals surface area contributed by atoms with Crippen molar-refractivity contribution in [3.05, 3.63) is 29.3 Å². The van der Waals surface area contributed by atoms with Crippen LogP contribution in [0, 0.1) is 6.92 Å². The Hall–Kier alpha value is -1.27. The van der Waals surface area contributed by atoms with Crippen molar-refractivity contribution in [2.45, 2.75) is 19.8 Å². The molecule has 0 aliphatic carbocycles. The maximum Gasteiger partial charge on any atom is 0.248 e. The summed E-state index contributed by atoms with van der Waals surface area (Å²) >= 11 is 5.50. The van der Waals surface area contributed by atoms with Gasteiger partial charge in [-0.25, -0.2) is 8.42 Å². The summed E-state index contributed by atoms with van der Waals surface area (Å²) < 4.78 is 26.1. The number of nitrogens with two attached hydrogens (primary N) is 1. The molecule has 0 bridgehead atoms. The van der Waals surface area contributed by atoms with Crippen LogP contribution in [0.3, 0.4) is 0 Å². The number of primary amides is 1. The fourth-order valence-corrected chi connectivity index (χ4v) is 2.98. The zero-order valence-corrected chi connectivity index (χ0v) is 12.2. The van der Waals surface area contributed by atoms with Crippen molar-refractivity contribution in [3.63, 3.8) is 0 Å². The highest BCUT2D eigenvalue weighted by Gasteiger charge is 2.12. The standard InChI is InChI=1S/C12H17ClN2O3S/c1-9-8-10(12(14)16)4-5-11(9)15-19(17,18)7-3-2-6-13/h4-5,8,15H,2-3,6-7H2,1H3,(H2,14,16). The molecule has 1 amide bonds. The lowest BCUT2D eigenvalue weighted by Crippen LogP contribution is -2.18. The quantitative estimate of drug-likeness (QED) is 0.595. The third-order valence-corrected chi connectivity index (χ3v) is 4.20. The van der Waals surface area contributed by atoms with Gasteiger partial charge in [-0.15, -0.1) is 11.6 Å². The molecule has 0 atom stereocenters. The van der Waals surface area contributed by atoms with E-state index in [2.05, 4.69) is 4.72 Å². The van der Waals surface area contributed by atoms with E-state index in [1.54, 1.807) is 13.0 Å². The van der Waals surface area contributed by atoms with Crippen LogP contribution in [0.25, 0.3) is 0 Å². The Bertz CT molecular complexity index is 558. The topological polar surface area (TPSA) is 89.3 Å². The molecule has 0 saturated heterocycles. The van der Waals surface area contributed by atoms with Gasteiger partial charge in [0.2, 0.25) is 15.9 Å². The molecular weight excluding hydrogens is 288 g/mol. The Labute approximate surface area is 118 Å². The molecule has 0 aliphatic rings. The smallest absolute Gasteiger partial charge is 0.248 e. The molecule has 0 aromatic heterocycles. The van der Waals surface area contributed by atoms with Crippen LogP contribution in [0.15, 0.2) is 18.2 Å². The van der Waals surface area contributed by atoms with E-state index in [-0.39, 0.29) is 5.75 Å². The van der Waals surface area contributed by atoms with Crippen LogP contribution in [0.1, 0.15) is 28.8 Å². The van der Waals surface area contributed by atoms with Gasteiger partial charge in [-0.2, -0.15) is 0 Å². The lowest BCUT2D eigenvalue weighted by molar-refractivity contribution is 0.1000. The van der Waals surface area contributed by atoms with Gasteiger partial charge in [-0.05, 0) is 43.5 Å². The lowest BCUT2D eigenvalue weighted by atomic mass is 10.1. The zero-order valence-electron chi connectivity index (χ0n) is 10.6. The van der Waals surface area contributed by atoms with Crippen molar-refractivity contribution in [1.29, 1.82) is 0 Å². The first-order chi connectivity index (χ1) is 8.85. The number of rotatable bonds is 7. The van der Waals surface area contributed by atoms with Crippen molar-refractivity contribution in [3.8, 4) is 0 Å². The highest BCUT2D eigenvalue weighted by Crippen LogP contribution is 2.18. The average molecular weight is 305 g/mol. The van der Waals surface area contributed by atoms with Gasteiger partial charge in [0.1, 0.15) is 0 Å². The van der Waals surface area contributed by atoms with E-state index in [4.69, 9.17) is 17.3 Å². The van der Waals surface area contributed by atoms with Crippen molar-refractivity contribution >= 4 is 33.2 Å². The van der Waals surface area contributed by atoms with Crippen molar-refractivity contribution in [2.24, 2.45) is 5.73 Å². The SMILES string of the molecule is Cc1cc(C(N)=O)ccc1NS(=O)(=O)CCCCCl. The number of halogens is 1. The summed E-state index contributed by atoms with van der Waals surface area (Å²) in [4.78, 5) is 11.0. The van der Waals surface area contributed by atoms with E-state index in [0.717, 1.165) is 0 Å². The normalized spacial score (nSPS) is 11.3. The summed E-state index contributed by atoms with van der Waals surface area (Å²) in [5.74, 6) is -0.0712. The Morgan fingerprint density at radius 2 is 2.05 bits per heavy atom. The van der Waals surface area contributed by atoms with Gasteiger partial charge in [0.05, 0.1) is 11.4 Å². The van der Waals surface area contributed by atoms with Crippen molar-refractivity contribution in [1.82, 2.24) is 0 Å². The Morgan fingerprint density at radius 3 is 2.58 bits per heavy atom. The van der Waals surface area contributed by atoms with E-state index in [1.165, 1.54) is 12.1 Å². The number of unbranched alkanes of at least 4 members (excludes halogenated alkanes) is 1. The van der Waals surface area contributed by atoms with E-state index < -0.39 is 15.9 Å². The van der Waals surface area contributed by atoms with Crippen LogP contribution < -0.4 is 10.5 Å². The highest BCUT2D eigenvalue weighted by atomic mass is 35.5. The Morgan fingerprint density at radius 1 is 1.37 bits per heavy atom. The number of anilines is 1. The molecule has 1 aromatic rings. The number of amides is 1. The predicted molar refractivity (Wildman–Crippen MR) is 77.1 cm³/mol. The molecule has 0 spiro atoms. The van der Waals surface area contributed by atoms with Crippen molar-refractivity contribution in [2.75, 3.05) is 16.4 Å². The lowest BCUT2D eigenvalue weighted by Gasteiger charge is -2.11. The number of aryl methyl sites for hydroxylation is 1. The molecule has 0 fully saturated rings. The number of alkyl halides is 1. The second-order valence-corrected chi connectivity index (χ2v) is 6.43. The molecule has 1 rings (SSSR count). The maximum absolute atomic E-state index is 11.8. The minimum Gasteiger partial charge on any atom is -0.366 e. The van der Waals surface area contributed by atoms with Gasteiger partial charge >= 0.3 is 0 Å². The molecule has 1 aromatic carbocycles. The molecule has 0 unspecified atom stereocenters. The molecule has 0 radical (unpaired) electrons. The Kier molecular flexibility index (Phi) is 5.62. The molecule has 0 aliphatic heterocycles. The number of hydrogen-bond acceptors (Lipinski definition) is 3. The van der Waals surface area contributed by atoms with Crippen LogP contribution in [0.2, 0.25) is 0 Å². The van der Waals surface area contributed by atoms with E-state index in [1.807, 2.05) is 0 Å². The second-order valence-electron chi connectivity index (χ2n) is 4.21. The molecule has 7 heteroatoms. The first kappa shape index (κ1) is 15.8. The minimum atomic E-state index is -3.39. The maximum atomic E-state index is 11.8. The summed E-state index contributed by atoms with van der Waals surface area (Å²) in [6.07, 6.45) is 1.17. The zero-order chi connectivity index (χ0) is 14.5. The number of nitrogens with one attached hydrogen (secondary N) is 1. The first-order valence-corrected chi connectivity index (χ1v) is 8.01. The molecular formula is C12H17ClN2O3S. The average Bonchev–Trinajstić information content (AvgIpc) is 2.31. The Balaban J connectivity index is 2.79. The molecule has 3 N–H and O–H groups in total. The van der Waals surface area contributed by atoms with Gasteiger partial charge in [0.25, 0.3) is 0 Å². The molecule has 5 nitrogen and oxygen atoms in total. The largest absolute Gasteiger partial charge is 0.366 e. The van der Waals surface area contributed by atoms with E-state index in [9.17, 15) is 13.2 Å². The number of carbonyl (C=O) groups excluding carboxylic acids is 1. The van der Waals surface area contributed by atoms with Crippen LogP contribution in [0.4, 0.5) is 5.69 Å². The van der Waals surface area contributed by atoms with Gasteiger partial charge in [-0.1, -0.05) is 0 Å². The van der Waals surface area contributed by atoms with Gasteiger partial charge < -0.3 is 5.73 Å².